The molecule has 1 saturated carbocycles. The molecular weight excluding hydrogens is 494 g/mol. The molecule has 0 bridgehead atoms. The molecule has 0 spiro atoms. The number of carbonyl (C=O) groups excluding carboxylic acids is 3. The molecule has 0 heterocycles. The SMILES string of the molecule is CC(C)(C)OC1C(=O)CC(SC[C@H](NC(=O)CC[C@H](N)C(=O)O)C(=O)NCC(=O)O)C1OC(C)(C)C. The molecule has 3 unspecified atom stereocenters. The number of ether oxygens (including phenoxy) is 2. The van der Waals surface area contributed by atoms with Gasteiger partial charge in [-0.2, -0.15) is 11.8 Å². The molecule has 6 N–H and O–H groups in total. The number of thioether (sulfide) groups is 1. The molecule has 1 rings (SSSR count). The maximum atomic E-state index is 12.8. The first-order valence-corrected chi connectivity index (χ1v) is 12.7. The molecule has 0 radical (unpaired) electrons. The molecule has 0 aromatic heterocycles. The van der Waals surface area contributed by atoms with Gasteiger partial charge in [0.05, 0.1) is 11.2 Å². The molecule has 2 amide bonds. The summed E-state index contributed by atoms with van der Waals surface area (Å²) < 4.78 is 12.2. The molecule has 206 valence electrons. The van der Waals surface area contributed by atoms with Gasteiger partial charge in [-0.1, -0.05) is 0 Å². The van der Waals surface area contributed by atoms with Gasteiger partial charge >= 0.3 is 11.9 Å². The predicted octanol–water partition coefficient (Wildman–Crippen LogP) is 0.306. The van der Waals surface area contributed by atoms with E-state index >= 15 is 0 Å². The van der Waals surface area contributed by atoms with Gasteiger partial charge in [0.25, 0.3) is 0 Å². The van der Waals surface area contributed by atoms with E-state index in [4.69, 9.17) is 25.4 Å². The predicted molar refractivity (Wildman–Crippen MR) is 133 cm³/mol. The summed E-state index contributed by atoms with van der Waals surface area (Å²) in [5.74, 6) is -3.95. The zero-order valence-corrected chi connectivity index (χ0v) is 22.5. The Kier molecular flexibility index (Phi) is 11.8. The number of carboxylic acids is 2. The van der Waals surface area contributed by atoms with Crippen LogP contribution in [0.15, 0.2) is 0 Å². The first-order valence-electron chi connectivity index (χ1n) is 11.7. The maximum absolute atomic E-state index is 12.8. The largest absolute Gasteiger partial charge is 0.480 e. The lowest BCUT2D eigenvalue weighted by atomic mass is 10.1. The second kappa shape index (κ2) is 13.4. The lowest BCUT2D eigenvalue weighted by Crippen LogP contribution is -2.50. The van der Waals surface area contributed by atoms with Crippen LogP contribution in [0.4, 0.5) is 0 Å². The zero-order valence-electron chi connectivity index (χ0n) is 21.7. The van der Waals surface area contributed by atoms with Crippen molar-refractivity contribution in [2.45, 2.75) is 102 Å². The van der Waals surface area contributed by atoms with Crippen LogP contribution >= 0.6 is 11.8 Å². The summed E-state index contributed by atoms with van der Waals surface area (Å²) in [6, 6.07) is -2.36. The van der Waals surface area contributed by atoms with Crippen molar-refractivity contribution in [2.24, 2.45) is 5.73 Å². The first-order chi connectivity index (χ1) is 16.4. The minimum absolute atomic E-state index is 0.0202. The van der Waals surface area contributed by atoms with Gasteiger partial charge in [-0.15, -0.1) is 0 Å². The van der Waals surface area contributed by atoms with Crippen LogP contribution in [0.25, 0.3) is 0 Å². The van der Waals surface area contributed by atoms with Crippen molar-refractivity contribution in [1.82, 2.24) is 10.6 Å². The minimum Gasteiger partial charge on any atom is -0.480 e. The summed E-state index contributed by atoms with van der Waals surface area (Å²) in [6.07, 6.45) is -1.64. The Hall–Kier alpha value is -2.22. The molecular formula is C23H39N3O9S. The van der Waals surface area contributed by atoms with Crippen LogP contribution in [0.5, 0.6) is 0 Å². The van der Waals surface area contributed by atoms with E-state index in [1.807, 2.05) is 41.5 Å². The van der Waals surface area contributed by atoms with Gasteiger partial charge in [-0.05, 0) is 48.0 Å². The molecule has 12 nitrogen and oxygen atoms in total. The van der Waals surface area contributed by atoms with E-state index < -0.39 is 65.8 Å². The summed E-state index contributed by atoms with van der Waals surface area (Å²) in [4.78, 5) is 59.5. The number of amides is 2. The lowest BCUT2D eigenvalue weighted by molar-refractivity contribution is -0.162. The topological polar surface area (TPSA) is 194 Å². The Balaban J connectivity index is 2.98. The highest BCUT2D eigenvalue weighted by Gasteiger charge is 2.47. The lowest BCUT2D eigenvalue weighted by Gasteiger charge is -2.34. The first kappa shape index (κ1) is 31.8. The van der Waals surface area contributed by atoms with Crippen LogP contribution in [0.1, 0.15) is 60.8 Å². The molecule has 36 heavy (non-hydrogen) atoms. The van der Waals surface area contributed by atoms with Crippen LogP contribution in [0.3, 0.4) is 0 Å². The molecule has 0 aliphatic heterocycles. The number of carboxylic acid groups (broad SMARTS) is 2. The van der Waals surface area contributed by atoms with Crippen molar-refractivity contribution in [2.75, 3.05) is 12.3 Å². The fraction of sp³-hybridized carbons (Fsp3) is 0.783. The summed E-state index contributed by atoms with van der Waals surface area (Å²) in [7, 11) is 0. The van der Waals surface area contributed by atoms with Gasteiger partial charge in [0.1, 0.15) is 30.8 Å². The molecule has 0 aromatic rings. The Labute approximate surface area is 215 Å². The number of carbonyl (C=O) groups is 5. The van der Waals surface area contributed by atoms with Crippen molar-refractivity contribution in [3.63, 3.8) is 0 Å². The number of nitrogens with one attached hydrogen (secondary N) is 2. The van der Waals surface area contributed by atoms with E-state index in [1.165, 1.54) is 11.8 Å². The molecule has 5 atom stereocenters. The summed E-state index contributed by atoms with van der Waals surface area (Å²) in [5, 5.41) is 22.1. The Bertz CT molecular complexity index is 823. The van der Waals surface area contributed by atoms with Crippen LogP contribution in [0.2, 0.25) is 0 Å². The number of nitrogens with two attached hydrogens (primary N) is 1. The minimum atomic E-state index is -1.25. The van der Waals surface area contributed by atoms with Crippen molar-refractivity contribution < 1.29 is 43.7 Å². The number of hydrogen-bond donors (Lipinski definition) is 5. The van der Waals surface area contributed by atoms with Crippen molar-refractivity contribution in [3.05, 3.63) is 0 Å². The second-order valence-electron chi connectivity index (χ2n) is 10.6. The monoisotopic (exact) mass is 533 g/mol. The Morgan fingerprint density at radius 2 is 1.67 bits per heavy atom. The molecule has 13 heteroatoms. The number of hydrogen-bond acceptors (Lipinski definition) is 9. The van der Waals surface area contributed by atoms with Gasteiger partial charge < -0.3 is 36.1 Å². The molecule has 0 aromatic carbocycles. The van der Waals surface area contributed by atoms with Gasteiger partial charge in [0.2, 0.25) is 11.8 Å². The van der Waals surface area contributed by atoms with Crippen LogP contribution in [0, 0.1) is 0 Å². The van der Waals surface area contributed by atoms with Crippen LogP contribution < -0.4 is 16.4 Å². The third kappa shape index (κ3) is 11.7. The van der Waals surface area contributed by atoms with E-state index in [0.717, 1.165) is 0 Å². The second-order valence-corrected chi connectivity index (χ2v) is 11.9. The van der Waals surface area contributed by atoms with Gasteiger partial charge in [-0.3, -0.25) is 24.0 Å². The van der Waals surface area contributed by atoms with E-state index in [2.05, 4.69) is 10.6 Å². The van der Waals surface area contributed by atoms with E-state index in [-0.39, 0.29) is 36.0 Å². The number of rotatable bonds is 13. The Morgan fingerprint density at radius 3 is 2.17 bits per heavy atom. The van der Waals surface area contributed by atoms with Crippen LogP contribution in [-0.2, 0) is 33.4 Å². The fourth-order valence-electron chi connectivity index (χ4n) is 3.39. The summed E-state index contributed by atoms with van der Waals surface area (Å²) >= 11 is 1.24. The molecule has 1 fully saturated rings. The van der Waals surface area contributed by atoms with Crippen molar-refractivity contribution in [1.29, 1.82) is 0 Å². The average molecular weight is 534 g/mol. The average Bonchev–Trinajstić information content (AvgIpc) is 2.98. The van der Waals surface area contributed by atoms with Gasteiger partial charge in [0.15, 0.2) is 5.78 Å². The van der Waals surface area contributed by atoms with Crippen molar-refractivity contribution >= 4 is 41.3 Å². The smallest absolute Gasteiger partial charge is 0.322 e. The third-order valence-corrected chi connectivity index (χ3v) is 6.29. The number of aliphatic carboxylic acids is 2. The molecule has 1 aliphatic rings. The van der Waals surface area contributed by atoms with Crippen molar-refractivity contribution in [3.8, 4) is 0 Å². The summed E-state index contributed by atoms with van der Waals surface area (Å²) in [5.41, 5.74) is 4.25. The third-order valence-electron chi connectivity index (χ3n) is 4.90. The summed E-state index contributed by atoms with van der Waals surface area (Å²) in [6.45, 7) is 10.4. The van der Waals surface area contributed by atoms with Gasteiger partial charge in [0, 0.05) is 23.8 Å². The Morgan fingerprint density at radius 1 is 1.08 bits per heavy atom. The molecule has 1 aliphatic carbocycles. The highest BCUT2D eigenvalue weighted by Crippen LogP contribution is 2.36. The van der Waals surface area contributed by atoms with E-state index in [1.54, 1.807) is 0 Å². The van der Waals surface area contributed by atoms with E-state index in [0.29, 0.717) is 0 Å². The van der Waals surface area contributed by atoms with E-state index in [9.17, 15) is 24.0 Å². The van der Waals surface area contributed by atoms with Gasteiger partial charge in [-0.25, -0.2) is 0 Å². The highest BCUT2D eigenvalue weighted by atomic mass is 32.2. The number of Topliss-reactive ketones (excluding diaryl/α,β-unsaturated/α-hetero) is 1. The quantitative estimate of drug-likeness (QED) is 0.218. The highest BCUT2D eigenvalue weighted by molar-refractivity contribution is 8.00. The fourth-order valence-corrected chi connectivity index (χ4v) is 4.73. The normalized spacial score (nSPS) is 22.1. The standard InChI is InChI=1S/C23H39N3O9S/c1-22(2,3)34-18-14(27)9-15(19(18)35-23(4,5)6)36-11-13(20(31)25-10-17(29)30)26-16(28)8-7-12(24)21(32)33/h12-13,15,18-19H,7-11,24H2,1-6H3,(H,25,31)(H,26,28)(H,29,30)(H,32,33)/t12-,13-,15?,18?,19?/m0/s1. The maximum Gasteiger partial charge on any atom is 0.322 e. The zero-order chi connectivity index (χ0) is 27.8. The van der Waals surface area contributed by atoms with Crippen LogP contribution in [-0.4, -0.2) is 92.8 Å². The molecule has 0 saturated heterocycles. The number of ketones is 1.